The van der Waals surface area contributed by atoms with E-state index in [1.54, 1.807) is 0 Å². The first-order chi connectivity index (χ1) is 10.3. The summed E-state index contributed by atoms with van der Waals surface area (Å²) in [5.41, 5.74) is 11.9. The second-order valence-corrected chi connectivity index (χ2v) is 5.84. The Kier molecular flexibility index (Phi) is 2.74. The van der Waals surface area contributed by atoms with Crippen LogP contribution >= 0.6 is 0 Å². The summed E-state index contributed by atoms with van der Waals surface area (Å²) < 4.78 is 2.37. The third-order valence-electron chi connectivity index (χ3n) is 4.53. The Labute approximate surface area is 124 Å². The molecule has 2 aromatic carbocycles. The number of hydrogen-bond acceptors (Lipinski definition) is 2. The van der Waals surface area contributed by atoms with Gasteiger partial charge in [0.15, 0.2) is 0 Å². The largest absolute Gasteiger partial charge is 0.399 e. The fourth-order valence-corrected chi connectivity index (χ4v) is 3.42. The van der Waals surface area contributed by atoms with Crippen LogP contribution in [0.25, 0.3) is 11.0 Å². The monoisotopic (exact) mass is 277 g/mol. The first kappa shape index (κ1) is 12.5. The summed E-state index contributed by atoms with van der Waals surface area (Å²) in [6, 6.07) is 14.8. The number of benzene rings is 2. The van der Waals surface area contributed by atoms with Crippen molar-refractivity contribution in [3.63, 3.8) is 0 Å². The summed E-state index contributed by atoms with van der Waals surface area (Å²) in [5, 5.41) is 0. The molecule has 1 aliphatic carbocycles. The Balaban J connectivity index is 1.74. The maximum atomic E-state index is 5.88. The van der Waals surface area contributed by atoms with Gasteiger partial charge < -0.3 is 10.3 Å². The van der Waals surface area contributed by atoms with Crippen LogP contribution in [0.15, 0.2) is 42.5 Å². The van der Waals surface area contributed by atoms with Crippen LogP contribution in [0.4, 0.5) is 5.69 Å². The van der Waals surface area contributed by atoms with Crippen molar-refractivity contribution in [2.24, 2.45) is 0 Å². The van der Waals surface area contributed by atoms with E-state index in [1.807, 2.05) is 12.1 Å². The molecule has 106 valence electrons. The van der Waals surface area contributed by atoms with Crippen LogP contribution in [0.2, 0.25) is 0 Å². The molecule has 0 aliphatic heterocycles. The zero-order valence-electron chi connectivity index (χ0n) is 12.2. The van der Waals surface area contributed by atoms with Gasteiger partial charge in [-0.15, -0.1) is 0 Å². The summed E-state index contributed by atoms with van der Waals surface area (Å²) in [6.07, 6.45) is 2.12. The molecule has 1 heterocycles. The zero-order chi connectivity index (χ0) is 14.4. The van der Waals surface area contributed by atoms with E-state index < -0.39 is 0 Å². The molecule has 21 heavy (non-hydrogen) atoms. The molecule has 0 spiro atoms. The Morgan fingerprint density at radius 1 is 1.24 bits per heavy atom. The molecule has 3 nitrogen and oxygen atoms in total. The molecule has 1 atom stereocenters. The lowest BCUT2D eigenvalue weighted by Crippen LogP contribution is -2.22. The van der Waals surface area contributed by atoms with Gasteiger partial charge in [0.1, 0.15) is 5.82 Å². The fraction of sp³-hybridized carbons (Fsp3) is 0.278. The maximum absolute atomic E-state index is 5.88. The van der Waals surface area contributed by atoms with Crippen molar-refractivity contribution in [3.8, 4) is 0 Å². The Morgan fingerprint density at radius 2 is 2.10 bits per heavy atom. The van der Waals surface area contributed by atoms with Gasteiger partial charge in [-0.25, -0.2) is 4.98 Å². The molecule has 0 amide bonds. The van der Waals surface area contributed by atoms with E-state index in [4.69, 9.17) is 10.7 Å². The van der Waals surface area contributed by atoms with Crippen LogP contribution in [0.3, 0.4) is 0 Å². The molecule has 1 aromatic heterocycles. The van der Waals surface area contributed by atoms with Gasteiger partial charge in [0.05, 0.1) is 11.0 Å². The number of aryl methyl sites for hydroxylation is 1. The fourth-order valence-electron chi connectivity index (χ4n) is 3.42. The second-order valence-electron chi connectivity index (χ2n) is 5.84. The third-order valence-corrected chi connectivity index (χ3v) is 4.53. The summed E-state index contributed by atoms with van der Waals surface area (Å²) >= 11 is 0. The summed E-state index contributed by atoms with van der Waals surface area (Å²) in [5.74, 6) is 1.77. The van der Waals surface area contributed by atoms with E-state index >= 15 is 0 Å². The highest BCUT2D eigenvalue weighted by atomic mass is 15.1. The van der Waals surface area contributed by atoms with Crippen LogP contribution in [-0.2, 0) is 19.4 Å². The average Bonchev–Trinajstić information content (AvgIpc) is 2.81. The van der Waals surface area contributed by atoms with Crippen molar-refractivity contribution in [1.82, 2.24) is 9.55 Å². The van der Waals surface area contributed by atoms with Gasteiger partial charge in [-0.1, -0.05) is 31.2 Å². The average molecular weight is 277 g/mol. The van der Waals surface area contributed by atoms with Crippen molar-refractivity contribution in [2.75, 3.05) is 5.73 Å². The second kappa shape index (κ2) is 4.62. The molecule has 0 bridgehead atoms. The molecular formula is C18H19N3. The Morgan fingerprint density at radius 3 is 2.90 bits per heavy atom. The van der Waals surface area contributed by atoms with Gasteiger partial charge >= 0.3 is 0 Å². The highest BCUT2D eigenvalue weighted by Crippen LogP contribution is 2.37. The van der Waals surface area contributed by atoms with Crippen molar-refractivity contribution >= 4 is 16.7 Å². The van der Waals surface area contributed by atoms with E-state index in [2.05, 4.69) is 41.8 Å². The topological polar surface area (TPSA) is 43.8 Å². The van der Waals surface area contributed by atoms with E-state index in [0.717, 1.165) is 30.0 Å². The van der Waals surface area contributed by atoms with Gasteiger partial charge in [0, 0.05) is 24.6 Å². The number of fused-ring (bicyclic) bond motifs is 2. The summed E-state index contributed by atoms with van der Waals surface area (Å²) in [4.78, 5) is 4.74. The number of imidazole rings is 1. The smallest absolute Gasteiger partial charge is 0.109 e. The lowest BCUT2D eigenvalue weighted by atomic mass is 9.77. The van der Waals surface area contributed by atoms with Crippen LogP contribution in [-0.4, -0.2) is 9.55 Å². The van der Waals surface area contributed by atoms with E-state index in [1.165, 1.54) is 23.1 Å². The summed E-state index contributed by atoms with van der Waals surface area (Å²) in [7, 11) is 0. The van der Waals surface area contributed by atoms with Crippen LogP contribution < -0.4 is 5.73 Å². The normalized spacial score (nSPS) is 16.7. The molecule has 0 radical (unpaired) electrons. The molecule has 0 saturated heterocycles. The lowest BCUT2D eigenvalue weighted by molar-refractivity contribution is 0.505. The molecule has 0 saturated carbocycles. The number of nitrogens with two attached hydrogens (primary N) is 1. The van der Waals surface area contributed by atoms with E-state index in [9.17, 15) is 0 Å². The number of nitrogens with zero attached hydrogens (tertiary/aromatic N) is 2. The highest BCUT2D eigenvalue weighted by Gasteiger charge is 2.26. The molecule has 2 N–H and O–H groups in total. The molecule has 3 heteroatoms. The molecule has 1 unspecified atom stereocenters. The minimum Gasteiger partial charge on any atom is -0.399 e. The number of aromatic nitrogens is 2. The minimum absolute atomic E-state index is 0.612. The van der Waals surface area contributed by atoms with Gasteiger partial charge in [-0.05, 0) is 35.7 Å². The van der Waals surface area contributed by atoms with Crippen LogP contribution in [0.5, 0.6) is 0 Å². The quantitative estimate of drug-likeness (QED) is 0.744. The molecule has 1 aliphatic rings. The van der Waals surface area contributed by atoms with Crippen molar-refractivity contribution in [2.45, 2.75) is 32.2 Å². The predicted octanol–water partition coefficient (Wildman–Crippen LogP) is 3.52. The Hall–Kier alpha value is -2.29. The third kappa shape index (κ3) is 1.92. The SMILES string of the molecule is CCc1nc2cc(N)ccc2n1CC1Cc2ccccc21. The Bertz CT molecular complexity index is 816. The van der Waals surface area contributed by atoms with E-state index in [-0.39, 0.29) is 0 Å². The number of nitrogen functional groups attached to an aromatic ring is 1. The van der Waals surface area contributed by atoms with Crippen LogP contribution in [0.1, 0.15) is 29.8 Å². The molecule has 0 fully saturated rings. The number of hydrogen-bond donors (Lipinski definition) is 1. The predicted molar refractivity (Wildman–Crippen MR) is 86.4 cm³/mol. The lowest BCUT2D eigenvalue weighted by Gasteiger charge is -2.31. The zero-order valence-corrected chi connectivity index (χ0v) is 12.2. The summed E-state index contributed by atoms with van der Waals surface area (Å²) in [6.45, 7) is 3.18. The van der Waals surface area contributed by atoms with Gasteiger partial charge in [-0.3, -0.25) is 0 Å². The highest BCUT2D eigenvalue weighted by molar-refractivity contribution is 5.79. The van der Waals surface area contributed by atoms with Crippen molar-refractivity contribution < 1.29 is 0 Å². The number of anilines is 1. The standard InChI is InChI=1S/C18H19N3/c1-2-18-20-16-10-14(19)7-8-17(16)21(18)11-13-9-12-5-3-4-6-15(12)13/h3-8,10,13H,2,9,11,19H2,1H3. The minimum atomic E-state index is 0.612. The van der Waals surface area contributed by atoms with Crippen LogP contribution in [0, 0.1) is 0 Å². The molecule has 4 rings (SSSR count). The van der Waals surface area contributed by atoms with Crippen molar-refractivity contribution in [3.05, 3.63) is 59.4 Å². The van der Waals surface area contributed by atoms with Crippen molar-refractivity contribution in [1.29, 1.82) is 0 Å². The molecular weight excluding hydrogens is 258 g/mol. The van der Waals surface area contributed by atoms with Gasteiger partial charge in [-0.2, -0.15) is 0 Å². The first-order valence-corrected chi connectivity index (χ1v) is 7.58. The van der Waals surface area contributed by atoms with Gasteiger partial charge in [0.2, 0.25) is 0 Å². The molecule has 3 aromatic rings. The number of rotatable bonds is 3. The van der Waals surface area contributed by atoms with Gasteiger partial charge in [0.25, 0.3) is 0 Å². The van der Waals surface area contributed by atoms with E-state index in [0.29, 0.717) is 5.92 Å². The maximum Gasteiger partial charge on any atom is 0.109 e. The first-order valence-electron chi connectivity index (χ1n) is 7.58.